The van der Waals surface area contributed by atoms with Crippen molar-refractivity contribution in [1.29, 1.82) is 0 Å². The van der Waals surface area contributed by atoms with Gasteiger partial charge in [0.25, 0.3) is 0 Å². The van der Waals surface area contributed by atoms with Crippen molar-refractivity contribution in [2.45, 2.75) is 32.7 Å². The first-order valence-electron chi connectivity index (χ1n) is 5.73. The van der Waals surface area contributed by atoms with Gasteiger partial charge in [-0.15, -0.1) is 0 Å². The van der Waals surface area contributed by atoms with Gasteiger partial charge in [0, 0.05) is 10.2 Å². The van der Waals surface area contributed by atoms with E-state index in [1.807, 2.05) is 45.0 Å². The van der Waals surface area contributed by atoms with Crippen molar-refractivity contribution in [3.8, 4) is 0 Å². The van der Waals surface area contributed by atoms with E-state index in [1.165, 1.54) is 0 Å². The Morgan fingerprint density at radius 3 is 2.41 bits per heavy atom. The zero-order valence-electron chi connectivity index (χ0n) is 10.4. The normalized spacial score (nSPS) is 13.9. The lowest BCUT2D eigenvalue weighted by atomic mass is 9.98. The molecule has 0 aliphatic carbocycles. The van der Waals surface area contributed by atoms with Crippen LogP contribution in [0.1, 0.15) is 27.2 Å². The lowest BCUT2D eigenvalue weighted by Crippen LogP contribution is -2.44. The zero-order chi connectivity index (χ0) is 12.9. The molecule has 94 valence electrons. The summed E-state index contributed by atoms with van der Waals surface area (Å²) >= 11 is 3.38. The highest BCUT2D eigenvalue weighted by molar-refractivity contribution is 9.10. The molecule has 0 bridgehead atoms. The van der Waals surface area contributed by atoms with Gasteiger partial charge in [-0.25, -0.2) is 4.79 Å². The third-order valence-corrected chi connectivity index (χ3v) is 3.23. The highest BCUT2D eigenvalue weighted by atomic mass is 79.9. The van der Waals surface area contributed by atoms with Gasteiger partial charge in [-0.05, 0) is 44.5 Å². The van der Waals surface area contributed by atoms with Crippen molar-refractivity contribution >= 4 is 27.6 Å². The van der Waals surface area contributed by atoms with Crippen LogP contribution in [0.4, 0.5) is 5.69 Å². The van der Waals surface area contributed by atoms with Crippen LogP contribution in [0.15, 0.2) is 28.7 Å². The lowest BCUT2D eigenvalue weighted by Gasteiger charge is -2.28. The Bertz CT molecular complexity index is 378. The van der Waals surface area contributed by atoms with Gasteiger partial charge in [-0.3, -0.25) is 0 Å². The molecule has 0 aliphatic heterocycles. The van der Waals surface area contributed by atoms with Crippen LogP contribution in [0.25, 0.3) is 0 Å². The molecule has 0 aliphatic rings. The molecule has 0 amide bonds. The Morgan fingerprint density at radius 2 is 1.94 bits per heavy atom. The van der Waals surface area contributed by atoms with E-state index in [4.69, 9.17) is 4.74 Å². The highest BCUT2D eigenvalue weighted by Crippen LogP contribution is 2.21. The van der Waals surface area contributed by atoms with Crippen molar-refractivity contribution in [2.24, 2.45) is 0 Å². The van der Waals surface area contributed by atoms with Crippen molar-refractivity contribution in [3.63, 3.8) is 0 Å². The molecule has 0 radical (unpaired) electrons. The van der Waals surface area contributed by atoms with Crippen molar-refractivity contribution in [2.75, 3.05) is 11.9 Å². The van der Waals surface area contributed by atoms with E-state index in [1.54, 1.807) is 0 Å². The van der Waals surface area contributed by atoms with Crippen molar-refractivity contribution in [1.82, 2.24) is 0 Å². The van der Waals surface area contributed by atoms with Crippen LogP contribution in [-0.2, 0) is 9.53 Å². The third kappa shape index (κ3) is 3.73. The average Bonchev–Trinajstić information content (AvgIpc) is 2.32. The van der Waals surface area contributed by atoms with E-state index in [-0.39, 0.29) is 5.97 Å². The van der Waals surface area contributed by atoms with Crippen LogP contribution in [0.3, 0.4) is 0 Å². The Hall–Kier alpha value is -1.03. The first-order valence-corrected chi connectivity index (χ1v) is 6.52. The lowest BCUT2D eigenvalue weighted by molar-refractivity contribution is -0.148. The fourth-order valence-corrected chi connectivity index (χ4v) is 1.69. The Labute approximate surface area is 111 Å². The molecule has 17 heavy (non-hydrogen) atoms. The summed E-state index contributed by atoms with van der Waals surface area (Å²) in [7, 11) is 0. The molecule has 1 unspecified atom stereocenters. The number of esters is 1. The summed E-state index contributed by atoms with van der Waals surface area (Å²) in [6.45, 7) is 6.03. The highest BCUT2D eigenvalue weighted by Gasteiger charge is 2.32. The Kier molecular flexibility index (Phi) is 5.00. The molecule has 1 rings (SSSR count). The molecular formula is C13H18BrNO2. The molecule has 0 heterocycles. The first kappa shape index (κ1) is 14.0. The molecule has 1 N–H and O–H groups in total. The molecule has 1 aromatic rings. The van der Waals surface area contributed by atoms with E-state index < -0.39 is 5.54 Å². The fraction of sp³-hybridized carbons (Fsp3) is 0.462. The number of hydrogen-bond donors (Lipinski definition) is 1. The fourth-order valence-electron chi connectivity index (χ4n) is 1.43. The summed E-state index contributed by atoms with van der Waals surface area (Å²) < 4.78 is 6.09. The summed E-state index contributed by atoms with van der Waals surface area (Å²) in [6.07, 6.45) is 0.669. The summed E-state index contributed by atoms with van der Waals surface area (Å²) in [4.78, 5) is 11.9. The van der Waals surface area contributed by atoms with Gasteiger partial charge < -0.3 is 10.1 Å². The minimum absolute atomic E-state index is 0.217. The molecule has 1 atom stereocenters. The second-order valence-corrected chi connectivity index (χ2v) is 4.95. The Balaban J connectivity index is 2.81. The van der Waals surface area contributed by atoms with E-state index in [9.17, 15) is 4.79 Å². The monoisotopic (exact) mass is 299 g/mol. The minimum atomic E-state index is -0.677. The van der Waals surface area contributed by atoms with Gasteiger partial charge in [-0.1, -0.05) is 22.9 Å². The Morgan fingerprint density at radius 1 is 1.35 bits per heavy atom. The standard InChI is InChI=1S/C13H18BrNO2/c1-4-13(3,12(16)17-5-2)15-11-8-6-10(14)7-9-11/h6-9,15H,4-5H2,1-3H3. The van der Waals surface area contributed by atoms with Crippen LogP contribution < -0.4 is 5.32 Å². The van der Waals surface area contributed by atoms with Gasteiger partial charge in [-0.2, -0.15) is 0 Å². The van der Waals surface area contributed by atoms with Crippen LogP contribution in [-0.4, -0.2) is 18.1 Å². The maximum atomic E-state index is 11.9. The van der Waals surface area contributed by atoms with Gasteiger partial charge in [0.2, 0.25) is 0 Å². The van der Waals surface area contributed by atoms with Crippen molar-refractivity contribution < 1.29 is 9.53 Å². The molecule has 1 aromatic carbocycles. The number of halogens is 1. The van der Waals surface area contributed by atoms with Gasteiger partial charge in [0.1, 0.15) is 5.54 Å². The molecule has 4 heteroatoms. The topological polar surface area (TPSA) is 38.3 Å². The third-order valence-electron chi connectivity index (χ3n) is 2.70. The van der Waals surface area contributed by atoms with Gasteiger partial charge in [0.05, 0.1) is 6.61 Å². The van der Waals surface area contributed by atoms with Crippen molar-refractivity contribution in [3.05, 3.63) is 28.7 Å². The SMILES string of the molecule is CCOC(=O)C(C)(CC)Nc1ccc(Br)cc1. The molecule has 0 saturated carbocycles. The molecule has 0 spiro atoms. The van der Waals surface area contributed by atoms with Gasteiger partial charge in [0.15, 0.2) is 0 Å². The summed E-state index contributed by atoms with van der Waals surface area (Å²) in [6, 6.07) is 7.72. The zero-order valence-corrected chi connectivity index (χ0v) is 12.0. The second kappa shape index (κ2) is 6.05. The predicted octanol–water partition coefficient (Wildman–Crippen LogP) is 3.59. The number of hydrogen-bond acceptors (Lipinski definition) is 3. The summed E-state index contributed by atoms with van der Waals surface area (Å²) in [5.41, 5.74) is 0.231. The van der Waals surface area contributed by atoms with E-state index in [0.29, 0.717) is 13.0 Å². The predicted molar refractivity (Wildman–Crippen MR) is 73.1 cm³/mol. The summed E-state index contributed by atoms with van der Waals surface area (Å²) in [5, 5.41) is 3.22. The summed E-state index contributed by atoms with van der Waals surface area (Å²) in [5.74, 6) is -0.217. The maximum absolute atomic E-state index is 11.9. The molecule has 3 nitrogen and oxygen atoms in total. The van der Waals surface area contributed by atoms with E-state index in [0.717, 1.165) is 10.2 Å². The number of anilines is 1. The van der Waals surface area contributed by atoms with Crippen LogP contribution in [0.2, 0.25) is 0 Å². The average molecular weight is 300 g/mol. The first-order chi connectivity index (χ1) is 8.01. The smallest absolute Gasteiger partial charge is 0.331 e. The molecule has 0 fully saturated rings. The number of rotatable bonds is 5. The van der Waals surface area contributed by atoms with Crippen LogP contribution in [0, 0.1) is 0 Å². The molecule has 0 aromatic heterocycles. The maximum Gasteiger partial charge on any atom is 0.331 e. The van der Waals surface area contributed by atoms with E-state index >= 15 is 0 Å². The molecular weight excluding hydrogens is 282 g/mol. The number of carbonyl (C=O) groups is 1. The van der Waals surface area contributed by atoms with Crippen LogP contribution in [0.5, 0.6) is 0 Å². The largest absolute Gasteiger partial charge is 0.464 e. The second-order valence-electron chi connectivity index (χ2n) is 4.04. The minimum Gasteiger partial charge on any atom is -0.464 e. The van der Waals surface area contributed by atoms with E-state index in [2.05, 4.69) is 21.2 Å². The number of carbonyl (C=O) groups excluding carboxylic acids is 1. The molecule has 0 saturated heterocycles. The number of benzene rings is 1. The number of nitrogens with one attached hydrogen (secondary N) is 1. The number of ether oxygens (including phenoxy) is 1. The quantitative estimate of drug-likeness (QED) is 0.845. The van der Waals surface area contributed by atoms with Gasteiger partial charge >= 0.3 is 5.97 Å². The van der Waals surface area contributed by atoms with Crippen LogP contribution >= 0.6 is 15.9 Å².